The summed E-state index contributed by atoms with van der Waals surface area (Å²) < 4.78 is 10.7. The summed E-state index contributed by atoms with van der Waals surface area (Å²) in [6.07, 6.45) is 1.52. The number of fused-ring (bicyclic) bond motifs is 1. The second kappa shape index (κ2) is 11.2. The molecule has 5 rings (SSSR count). The van der Waals surface area contributed by atoms with E-state index in [1.165, 1.54) is 6.20 Å². The quantitative estimate of drug-likeness (QED) is 0.411. The van der Waals surface area contributed by atoms with Crippen LogP contribution >= 0.6 is 11.6 Å². The van der Waals surface area contributed by atoms with Crippen molar-refractivity contribution in [2.45, 2.75) is 26.4 Å². The third kappa shape index (κ3) is 5.39. The molecule has 0 unspecified atom stereocenters. The van der Waals surface area contributed by atoms with Gasteiger partial charge in [-0.3, -0.25) is 9.69 Å². The van der Waals surface area contributed by atoms with Crippen molar-refractivity contribution in [1.29, 1.82) is 0 Å². The number of carbonyl (C=O) groups is 1. The molecule has 10 nitrogen and oxygen atoms in total. The van der Waals surface area contributed by atoms with Crippen LogP contribution in [0.4, 0.5) is 28.8 Å². The molecule has 0 spiro atoms. The molecular weight excluding hydrogens is 518 g/mol. The highest BCUT2D eigenvalue weighted by Gasteiger charge is 2.32. The Morgan fingerprint density at radius 3 is 2.44 bits per heavy atom. The Hall–Kier alpha value is -3.76. The van der Waals surface area contributed by atoms with Crippen LogP contribution in [0.15, 0.2) is 36.5 Å². The summed E-state index contributed by atoms with van der Waals surface area (Å²) in [6, 6.07) is 9.97. The lowest BCUT2D eigenvalue weighted by Crippen LogP contribution is -2.49. The lowest BCUT2D eigenvalue weighted by Gasteiger charge is -2.38. The van der Waals surface area contributed by atoms with Crippen molar-refractivity contribution in [3.63, 3.8) is 0 Å². The van der Waals surface area contributed by atoms with E-state index in [0.29, 0.717) is 57.8 Å². The second-order valence-electron chi connectivity index (χ2n) is 9.97. The zero-order chi connectivity index (χ0) is 27.7. The monoisotopic (exact) mass is 551 g/mol. The number of aromatic nitrogens is 2. The molecule has 1 fully saturated rings. The number of methoxy groups -OCH3 is 2. The van der Waals surface area contributed by atoms with Gasteiger partial charge in [0.2, 0.25) is 5.95 Å². The van der Waals surface area contributed by atoms with E-state index in [-0.39, 0.29) is 5.91 Å². The van der Waals surface area contributed by atoms with Crippen LogP contribution in [-0.2, 0) is 6.54 Å². The Bertz CT molecular complexity index is 1380. The van der Waals surface area contributed by atoms with Crippen molar-refractivity contribution in [3.8, 4) is 11.5 Å². The van der Waals surface area contributed by atoms with E-state index in [1.54, 1.807) is 25.2 Å². The van der Waals surface area contributed by atoms with Gasteiger partial charge in [0.05, 0.1) is 37.4 Å². The molecular formula is C28H34ClN7O3. The van der Waals surface area contributed by atoms with Crippen LogP contribution in [0, 0.1) is 0 Å². The molecule has 3 aromatic rings. The lowest BCUT2D eigenvalue weighted by atomic mass is 10.0. The zero-order valence-corrected chi connectivity index (χ0v) is 23.7. The van der Waals surface area contributed by atoms with E-state index in [2.05, 4.69) is 50.3 Å². The predicted molar refractivity (Wildman–Crippen MR) is 154 cm³/mol. The molecule has 3 heterocycles. The van der Waals surface area contributed by atoms with Crippen molar-refractivity contribution in [1.82, 2.24) is 19.8 Å². The Kier molecular flexibility index (Phi) is 7.67. The number of nitrogens with zero attached hydrogens (tertiary/aromatic N) is 5. The molecule has 0 atom stereocenters. The van der Waals surface area contributed by atoms with Crippen LogP contribution in [0.5, 0.6) is 11.5 Å². The minimum atomic E-state index is -0.0262. The maximum absolute atomic E-state index is 13.3. The minimum absolute atomic E-state index is 0.0262. The van der Waals surface area contributed by atoms with Crippen LogP contribution < -0.4 is 25.0 Å². The highest BCUT2D eigenvalue weighted by atomic mass is 35.5. The summed E-state index contributed by atoms with van der Waals surface area (Å²) in [7, 11) is 5.01. The molecule has 0 saturated carbocycles. The standard InChI is InChI=1S/C28H34ClN7O3/c1-17(2)35-10-12-36(13-11-35)23-9-8-22(25-19(23)16-34(3)27(25)37)31-26-20(29)15-30-28(33-26)32-21-7-6-18(38-4)14-24(21)39-5/h6-9,14-15,17H,10-13,16H2,1-5H3,(H2,30,31,32,33). The van der Waals surface area contributed by atoms with E-state index in [4.69, 9.17) is 21.1 Å². The summed E-state index contributed by atoms with van der Waals surface area (Å²) in [5, 5.41) is 6.81. The molecule has 0 aliphatic carbocycles. The number of hydrogen-bond donors (Lipinski definition) is 2. The van der Waals surface area contributed by atoms with Gasteiger partial charge in [0.25, 0.3) is 5.91 Å². The van der Waals surface area contributed by atoms with Gasteiger partial charge in [-0.25, -0.2) is 4.98 Å². The van der Waals surface area contributed by atoms with Gasteiger partial charge in [-0.2, -0.15) is 4.98 Å². The number of benzene rings is 2. The summed E-state index contributed by atoms with van der Waals surface area (Å²) in [5.41, 5.74) is 4.13. The number of hydrogen-bond acceptors (Lipinski definition) is 9. The number of carbonyl (C=O) groups excluding carboxylic acids is 1. The average molecular weight is 552 g/mol. The van der Waals surface area contributed by atoms with E-state index in [1.807, 2.05) is 25.2 Å². The van der Waals surface area contributed by atoms with Crippen molar-refractivity contribution < 1.29 is 14.3 Å². The Morgan fingerprint density at radius 2 is 1.74 bits per heavy atom. The molecule has 1 saturated heterocycles. The molecule has 206 valence electrons. The first-order chi connectivity index (χ1) is 18.8. The van der Waals surface area contributed by atoms with E-state index < -0.39 is 0 Å². The third-order valence-electron chi connectivity index (χ3n) is 7.28. The molecule has 1 aromatic heterocycles. The van der Waals surface area contributed by atoms with Crippen molar-refractivity contribution in [2.24, 2.45) is 0 Å². The van der Waals surface area contributed by atoms with Gasteiger partial charge in [0.15, 0.2) is 5.82 Å². The van der Waals surface area contributed by atoms with Gasteiger partial charge in [-0.1, -0.05) is 11.6 Å². The second-order valence-corrected chi connectivity index (χ2v) is 10.4. The third-order valence-corrected chi connectivity index (χ3v) is 7.56. The molecule has 2 aromatic carbocycles. The van der Waals surface area contributed by atoms with Crippen LogP contribution in [0.2, 0.25) is 5.02 Å². The van der Waals surface area contributed by atoms with E-state index in [9.17, 15) is 4.79 Å². The summed E-state index contributed by atoms with van der Waals surface area (Å²) in [5.74, 6) is 1.94. The Balaban J connectivity index is 1.42. The fourth-order valence-corrected chi connectivity index (χ4v) is 5.22. The highest BCUT2D eigenvalue weighted by Crippen LogP contribution is 2.39. The fourth-order valence-electron chi connectivity index (χ4n) is 5.09. The molecule has 2 aliphatic rings. The van der Waals surface area contributed by atoms with E-state index in [0.717, 1.165) is 37.4 Å². The number of piperazine rings is 1. The van der Waals surface area contributed by atoms with Crippen LogP contribution in [0.1, 0.15) is 29.8 Å². The smallest absolute Gasteiger partial charge is 0.256 e. The molecule has 2 aliphatic heterocycles. The van der Waals surface area contributed by atoms with E-state index >= 15 is 0 Å². The SMILES string of the molecule is COc1ccc(Nc2ncc(Cl)c(Nc3ccc(N4CCN(C(C)C)CC4)c4c3C(=O)N(C)C4)n2)c(OC)c1. The Labute approximate surface area is 233 Å². The number of ether oxygens (including phenoxy) is 2. The van der Waals surface area contributed by atoms with Crippen molar-refractivity contribution >= 4 is 46.3 Å². The van der Waals surface area contributed by atoms with Gasteiger partial charge in [-0.15, -0.1) is 0 Å². The molecule has 1 amide bonds. The first-order valence-electron chi connectivity index (χ1n) is 13.0. The number of rotatable bonds is 8. The summed E-state index contributed by atoms with van der Waals surface area (Å²) in [6.45, 7) is 8.88. The molecule has 0 radical (unpaired) electrons. The number of amides is 1. The maximum Gasteiger partial charge on any atom is 0.256 e. The lowest BCUT2D eigenvalue weighted by molar-refractivity contribution is 0.0817. The van der Waals surface area contributed by atoms with Gasteiger partial charge in [0.1, 0.15) is 16.5 Å². The fraction of sp³-hybridized carbons (Fsp3) is 0.393. The summed E-state index contributed by atoms with van der Waals surface area (Å²) in [4.78, 5) is 28.8. The molecule has 11 heteroatoms. The Morgan fingerprint density at radius 1 is 1.00 bits per heavy atom. The molecule has 39 heavy (non-hydrogen) atoms. The van der Waals surface area contributed by atoms with Gasteiger partial charge >= 0.3 is 0 Å². The van der Waals surface area contributed by atoms with Crippen LogP contribution in [0.25, 0.3) is 0 Å². The summed E-state index contributed by atoms with van der Waals surface area (Å²) >= 11 is 6.49. The average Bonchev–Trinajstić information content (AvgIpc) is 3.25. The molecule has 2 N–H and O–H groups in total. The van der Waals surface area contributed by atoms with Gasteiger partial charge in [0, 0.05) is 63.1 Å². The van der Waals surface area contributed by atoms with Crippen LogP contribution in [-0.4, -0.2) is 79.2 Å². The highest BCUT2D eigenvalue weighted by molar-refractivity contribution is 6.33. The van der Waals surface area contributed by atoms with Gasteiger partial charge < -0.3 is 29.9 Å². The first kappa shape index (κ1) is 26.8. The largest absolute Gasteiger partial charge is 0.497 e. The first-order valence-corrected chi connectivity index (χ1v) is 13.4. The number of nitrogens with one attached hydrogen (secondary N) is 2. The number of halogens is 1. The topological polar surface area (TPSA) is 95.1 Å². The minimum Gasteiger partial charge on any atom is -0.497 e. The normalized spacial score (nSPS) is 15.5. The predicted octanol–water partition coefficient (Wildman–Crippen LogP) is 4.75. The molecule has 0 bridgehead atoms. The van der Waals surface area contributed by atoms with Crippen LogP contribution in [0.3, 0.4) is 0 Å². The van der Waals surface area contributed by atoms with Gasteiger partial charge in [-0.05, 0) is 38.1 Å². The van der Waals surface area contributed by atoms with Crippen molar-refractivity contribution in [2.75, 3.05) is 63.0 Å². The maximum atomic E-state index is 13.3. The number of anilines is 5. The zero-order valence-electron chi connectivity index (χ0n) is 22.9. The van der Waals surface area contributed by atoms with Crippen molar-refractivity contribution in [3.05, 3.63) is 52.7 Å².